The van der Waals surface area contributed by atoms with E-state index < -0.39 is 10.0 Å². The van der Waals surface area contributed by atoms with E-state index in [-0.39, 0.29) is 16.4 Å². The Hall–Kier alpha value is -3.34. The summed E-state index contributed by atoms with van der Waals surface area (Å²) in [7, 11) is -2.04. The molecular weight excluding hydrogens is 454 g/mol. The number of ketones is 1. The zero-order valence-corrected chi connectivity index (χ0v) is 19.9. The molecule has 0 radical (unpaired) electrons. The summed E-state index contributed by atoms with van der Waals surface area (Å²) in [5.41, 5.74) is 9.18. The molecule has 178 valence electrons. The molecule has 0 saturated carbocycles. The number of hydrogen-bond acceptors (Lipinski definition) is 7. The van der Waals surface area contributed by atoms with Crippen LogP contribution in [-0.4, -0.2) is 67.5 Å². The van der Waals surface area contributed by atoms with Gasteiger partial charge in [0, 0.05) is 43.6 Å². The van der Waals surface area contributed by atoms with Crippen molar-refractivity contribution in [2.75, 3.05) is 33.4 Å². The zero-order valence-electron chi connectivity index (χ0n) is 19.1. The Morgan fingerprint density at radius 3 is 2.74 bits per heavy atom. The minimum absolute atomic E-state index is 0.254. The fourth-order valence-electron chi connectivity index (χ4n) is 3.90. The number of allylic oxidation sites excluding steroid dienone is 2. The molecular formula is C24H27N5O4S. The van der Waals surface area contributed by atoms with Crippen molar-refractivity contribution >= 4 is 32.6 Å². The lowest BCUT2D eigenvalue weighted by molar-refractivity contribution is 0.0730. The Kier molecular flexibility index (Phi) is 6.92. The summed E-state index contributed by atoms with van der Waals surface area (Å²) in [5, 5.41) is 0.670. The lowest BCUT2D eigenvalue weighted by Gasteiger charge is -2.26. The van der Waals surface area contributed by atoms with Gasteiger partial charge in [0.2, 0.25) is 15.8 Å². The van der Waals surface area contributed by atoms with Crippen LogP contribution >= 0.6 is 0 Å². The van der Waals surface area contributed by atoms with E-state index in [2.05, 4.69) is 15.0 Å². The number of pyridine rings is 1. The number of aromatic amines is 1. The number of ether oxygens (including phenoxy) is 1. The van der Waals surface area contributed by atoms with Gasteiger partial charge in [-0.05, 0) is 48.7 Å². The number of aromatic nitrogens is 2. The summed E-state index contributed by atoms with van der Waals surface area (Å²) < 4.78 is 32.7. The van der Waals surface area contributed by atoms with Gasteiger partial charge >= 0.3 is 0 Å². The first-order chi connectivity index (χ1) is 16.3. The molecule has 0 unspecified atom stereocenters. The maximum Gasteiger partial charge on any atom is 0.243 e. The number of rotatable bonds is 7. The van der Waals surface area contributed by atoms with Crippen molar-refractivity contribution in [3.05, 3.63) is 71.2 Å². The predicted octanol–water partition coefficient (Wildman–Crippen LogP) is 2.29. The van der Waals surface area contributed by atoms with E-state index in [1.54, 1.807) is 50.6 Å². The highest BCUT2D eigenvalue weighted by Crippen LogP contribution is 2.23. The van der Waals surface area contributed by atoms with E-state index in [0.717, 1.165) is 11.1 Å². The van der Waals surface area contributed by atoms with Crippen LogP contribution in [0.15, 0.2) is 64.4 Å². The second-order valence-electron chi connectivity index (χ2n) is 8.11. The highest BCUT2D eigenvalue weighted by Gasteiger charge is 2.26. The Morgan fingerprint density at radius 2 is 2.03 bits per heavy atom. The quantitative estimate of drug-likeness (QED) is 0.393. The maximum atomic E-state index is 13.0. The first-order valence-electron chi connectivity index (χ1n) is 10.9. The van der Waals surface area contributed by atoms with Gasteiger partial charge in [-0.1, -0.05) is 12.1 Å². The van der Waals surface area contributed by atoms with E-state index in [0.29, 0.717) is 55.0 Å². The Labute approximate surface area is 198 Å². The number of carbonyl (C=O) groups excluding carboxylic acids is 1. The number of sulfonamides is 1. The minimum atomic E-state index is -3.58. The molecule has 0 bridgehead atoms. The van der Waals surface area contributed by atoms with Crippen molar-refractivity contribution in [2.24, 2.45) is 10.7 Å². The largest absolute Gasteiger partial charge is 0.402 e. The van der Waals surface area contributed by atoms with Crippen LogP contribution < -0.4 is 5.73 Å². The third-order valence-corrected chi connectivity index (χ3v) is 7.48. The molecule has 1 fully saturated rings. The number of H-pyrrole nitrogens is 1. The Balaban J connectivity index is 1.62. The highest BCUT2D eigenvalue weighted by atomic mass is 32.2. The number of nitrogens with zero attached hydrogens (tertiary/aromatic N) is 3. The number of nitrogens with one attached hydrogen (secondary N) is 1. The average molecular weight is 482 g/mol. The molecule has 3 N–H and O–H groups in total. The van der Waals surface area contributed by atoms with Crippen molar-refractivity contribution in [1.29, 1.82) is 0 Å². The number of aliphatic imine (C=N–C) groups is 1. The van der Waals surface area contributed by atoms with Crippen LogP contribution in [0.1, 0.15) is 28.4 Å². The number of fused-ring (bicyclic) bond motifs is 1. The molecule has 4 rings (SSSR count). The first-order valence-corrected chi connectivity index (χ1v) is 12.3. The molecule has 3 aromatic rings. The maximum absolute atomic E-state index is 13.0. The monoisotopic (exact) mass is 481 g/mol. The van der Waals surface area contributed by atoms with Gasteiger partial charge in [-0.3, -0.25) is 9.79 Å². The lowest BCUT2D eigenvalue weighted by atomic mass is 10.0. The second-order valence-corrected chi connectivity index (χ2v) is 10.0. The molecule has 1 aliphatic rings. The smallest absolute Gasteiger partial charge is 0.243 e. The van der Waals surface area contributed by atoms with Gasteiger partial charge in [0.15, 0.2) is 0 Å². The summed E-state index contributed by atoms with van der Waals surface area (Å²) in [4.78, 5) is 24.8. The van der Waals surface area contributed by atoms with Crippen molar-refractivity contribution in [2.45, 2.75) is 18.2 Å². The van der Waals surface area contributed by atoms with Crippen LogP contribution in [0.4, 0.5) is 0 Å². The SMILES string of the molecule is CN=C(/C=C(/C)N)C(=O)c1c[nH]c2ncc(Cc3cccc(S(=O)(=O)N4CCOCC4)c3)cc12. The van der Waals surface area contributed by atoms with E-state index in [1.165, 1.54) is 4.31 Å². The molecule has 2 aromatic heterocycles. The number of morpholine rings is 1. The number of nitrogens with two attached hydrogens (primary N) is 1. The molecule has 3 heterocycles. The van der Waals surface area contributed by atoms with E-state index in [4.69, 9.17) is 10.5 Å². The summed E-state index contributed by atoms with van der Waals surface area (Å²) in [5.74, 6) is -0.254. The van der Waals surface area contributed by atoms with Crippen molar-refractivity contribution in [3.8, 4) is 0 Å². The van der Waals surface area contributed by atoms with Gasteiger partial charge in [0.25, 0.3) is 0 Å². The Bertz CT molecular complexity index is 1380. The zero-order chi connectivity index (χ0) is 24.3. The molecule has 0 amide bonds. The van der Waals surface area contributed by atoms with Crippen LogP contribution in [0, 0.1) is 0 Å². The molecule has 1 aromatic carbocycles. The molecule has 0 spiro atoms. The standard InChI is InChI=1S/C24H27N5O4S/c1-16(25)10-22(26-2)23(30)21-15-28-24-20(21)13-18(14-27-24)11-17-4-3-5-19(12-17)34(31,32)29-6-8-33-9-7-29/h3-5,10,12-15H,6-9,11,25H2,1-2H3,(H,27,28)/b16-10-,26-22?. The summed E-state index contributed by atoms with van der Waals surface area (Å²) in [6, 6.07) is 8.81. The van der Waals surface area contributed by atoms with E-state index >= 15 is 0 Å². The summed E-state index contributed by atoms with van der Waals surface area (Å²) in [6.45, 7) is 3.18. The lowest BCUT2D eigenvalue weighted by Crippen LogP contribution is -2.40. The minimum Gasteiger partial charge on any atom is -0.402 e. The van der Waals surface area contributed by atoms with Crippen molar-refractivity contribution in [1.82, 2.24) is 14.3 Å². The molecule has 0 atom stereocenters. The van der Waals surface area contributed by atoms with Crippen LogP contribution in [0.3, 0.4) is 0 Å². The summed E-state index contributed by atoms with van der Waals surface area (Å²) >= 11 is 0. The number of benzene rings is 1. The topological polar surface area (TPSA) is 131 Å². The van der Waals surface area contributed by atoms with Crippen molar-refractivity contribution in [3.63, 3.8) is 0 Å². The van der Waals surface area contributed by atoms with Gasteiger partial charge in [0.05, 0.1) is 23.7 Å². The number of Topliss-reactive ketones (excluding diaryl/α,β-unsaturated/α-hetero) is 1. The van der Waals surface area contributed by atoms with E-state index in [1.807, 2.05) is 12.1 Å². The fraction of sp³-hybridized carbons (Fsp3) is 0.292. The second kappa shape index (κ2) is 9.88. The van der Waals surface area contributed by atoms with Crippen LogP contribution in [0.2, 0.25) is 0 Å². The average Bonchev–Trinajstić information content (AvgIpc) is 3.26. The molecule has 9 nitrogen and oxygen atoms in total. The van der Waals surface area contributed by atoms with Gasteiger partial charge in [-0.25, -0.2) is 13.4 Å². The first kappa shape index (κ1) is 23.8. The third kappa shape index (κ3) is 4.93. The normalized spacial score (nSPS) is 16.2. The van der Waals surface area contributed by atoms with Crippen LogP contribution in [-0.2, 0) is 21.2 Å². The molecule has 0 aliphatic carbocycles. The van der Waals surface area contributed by atoms with Gasteiger partial charge in [-0.15, -0.1) is 0 Å². The third-order valence-electron chi connectivity index (χ3n) is 5.58. The summed E-state index contributed by atoms with van der Waals surface area (Å²) in [6.07, 6.45) is 5.34. The van der Waals surface area contributed by atoms with Crippen LogP contribution in [0.25, 0.3) is 11.0 Å². The van der Waals surface area contributed by atoms with Crippen LogP contribution in [0.5, 0.6) is 0 Å². The number of carbonyl (C=O) groups is 1. The van der Waals surface area contributed by atoms with Gasteiger partial charge < -0.3 is 15.5 Å². The molecule has 1 saturated heterocycles. The predicted molar refractivity (Wildman–Crippen MR) is 131 cm³/mol. The fourth-order valence-corrected chi connectivity index (χ4v) is 5.38. The Morgan fingerprint density at radius 1 is 1.26 bits per heavy atom. The molecule has 10 heteroatoms. The van der Waals surface area contributed by atoms with Gasteiger partial charge in [-0.2, -0.15) is 4.31 Å². The number of hydrogen-bond donors (Lipinski definition) is 2. The molecule has 1 aliphatic heterocycles. The van der Waals surface area contributed by atoms with Gasteiger partial charge in [0.1, 0.15) is 11.4 Å². The van der Waals surface area contributed by atoms with E-state index in [9.17, 15) is 13.2 Å². The van der Waals surface area contributed by atoms with Crippen molar-refractivity contribution < 1.29 is 17.9 Å². The molecule has 34 heavy (non-hydrogen) atoms. The highest BCUT2D eigenvalue weighted by molar-refractivity contribution is 7.89.